The number of hydrogen-bond acceptors (Lipinski definition) is 3. The van der Waals surface area contributed by atoms with Gasteiger partial charge in [-0.1, -0.05) is 30.3 Å². The Balaban J connectivity index is 1.71. The molecule has 25 heavy (non-hydrogen) atoms. The van der Waals surface area contributed by atoms with E-state index in [9.17, 15) is 9.90 Å². The molecule has 0 aliphatic carbocycles. The minimum Gasteiger partial charge on any atom is -0.497 e. The summed E-state index contributed by atoms with van der Waals surface area (Å²) >= 11 is 0. The smallest absolute Gasteiger partial charge is 0.268 e. The molecule has 0 radical (unpaired) electrons. The molecule has 0 spiro atoms. The molecule has 0 aliphatic rings. The van der Waals surface area contributed by atoms with Crippen molar-refractivity contribution >= 4 is 16.8 Å². The number of aliphatic hydroxyl groups excluding tert-OH is 1. The second-order valence-corrected chi connectivity index (χ2v) is 5.83. The van der Waals surface area contributed by atoms with Gasteiger partial charge in [-0.25, -0.2) is 0 Å². The molecule has 0 bridgehead atoms. The van der Waals surface area contributed by atoms with E-state index >= 15 is 0 Å². The molecule has 1 amide bonds. The molecule has 0 aliphatic heterocycles. The second-order valence-electron chi connectivity index (χ2n) is 5.83. The number of hydrogen-bond donors (Lipinski definition) is 2. The number of methoxy groups -OCH3 is 1. The Bertz CT molecular complexity index is 868. The first-order valence-electron chi connectivity index (χ1n) is 8.32. The van der Waals surface area contributed by atoms with Crippen molar-refractivity contribution < 1.29 is 14.6 Å². The van der Waals surface area contributed by atoms with Gasteiger partial charge in [0.1, 0.15) is 11.4 Å². The summed E-state index contributed by atoms with van der Waals surface area (Å²) in [4.78, 5) is 12.6. The maximum Gasteiger partial charge on any atom is 0.268 e. The molecule has 0 saturated carbocycles. The molecule has 130 valence electrons. The topological polar surface area (TPSA) is 63.5 Å². The van der Waals surface area contributed by atoms with Gasteiger partial charge < -0.3 is 19.7 Å². The van der Waals surface area contributed by atoms with Crippen LogP contribution in [-0.4, -0.2) is 29.2 Å². The highest BCUT2D eigenvalue weighted by molar-refractivity contribution is 5.98. The molecule has 2 aromatic carbocycles. The fourth-order valence-corrected chi connectivity index (χ4v) is 2.96. The first-order chi connectivity index (χ1) is 12.1. The Morgan fingerprint density at radius 1 is 1.20 bits per heavy atom. The summed E-state index contributed by atoms with van der Waals surface area (Å²) in [6.45, 7) is 2.86. The number of ether oxygens (including phenoxy) is 1. The zero-order chi connectivity index (χ0) is 17.8. The first kappa shape index (κ1) is 17.0. The number of aliphatic hydroxyl groups is 1. The average Bonchev–Trinajstić information content (AvgIpc) is 3.04. The Morgan fingerprint density at radius 2 is 1.92 bits per heavy atom. The van der Waals surface area contributed by atoms with Crippen LogP contribution in [0.1, 0.15) is 29.1 Å². The molecular formula is C20H22N2O3. The van der Waals surface area contributed by atoms with Crippen LogP contribution in [0.3, 0.4) is 0 Å². The number of benzene rings is 2. The van der Waals surface area contributed by atoms with Gasteiger partial charge in [-0.05, 0) is 36.8 Å². The fraction of sp³-hybridized carbons (Fsp3) is 0.250. The average molecular weight is 338 g/mol. The number of fused-ring (bicyclic) bond motifs is 1. The molecule has 0 saturated heterocycles. The lowest BCUT2D eigenvalue weighted by Crippen LogP contribution is -2.30. The van der Waals surface area contributed by atoms with Gasteiger partial charge in [0.15, 0.2) is 0 Å². The molecule has 3 aromatic rings. The molecule has 1 heterocycles. The lowest BCUT2D eigenvalue weighted by molar-refractivity contribution is 0.0907. The second kappa shape index (κ2) is 7.40. The van der Waals surface area contributed by atoms with Crippen molar-refractivity contribution in [2.45, 2.75) is 19.6 Å². The van der Waals surface area contributed by atoms with Gasteiger partial charge in [0.2, 0.25) is 0 Å². The maximum absolute atomic E-state index is 12.6. The third-order valence-electron chi connectivity index (χ3n) is 4.32. The van der Waals surface area contributed by atoms with E-state index in [4.69, 9.17) is 4.74 Å². The number of rotatable bonds is 6. The van der Waals surface area contributed by atoms with Crippen LogP contribution in [0.4, 0.5) is 0 Å². The molecule has 5 nitrogen and oxygen atoms in total. The predicted molar refractivity (Wildman–Crippen MR) is 97.9 cm³/mol. The Hall–Kier alpha value is -2.79. The van der Waals surface area contributed by atoms with Gasteiger partial charge in [0.25, 0.3) is 5.91 Å². The van der Waals surface area contributed by atoms with Crippen molar-refractivity contribution in [1.82, 2.24) is 9.88 Å². The van der Waals surface area contributed by atoms with Crippen molar-refractivity contribution in [1.29, 1.82) is 0 Å². The molecule has 1 atom stereocenters. The minimum atomic E-state index is -0.769. The number of carbonyl (C=O) groups is 1. The molecule has 3 rings (SSSR count). The highest BCUT2D eigenvalue weighted by Crippen LogP contribution is 2.20. The zero-order valence-corrected chi connectivity index (χ0v) is 14.4. The normalized spacial score (nSPS) is 12.1. The van der Waals surface area contributed by atoms with E-state index in [2.05, 4.69) is 5.32 Å². The zero-order valence-electron chi connectivity index (χ0n) is 14.4. The number of nitrogens with zero attached hydrogens (tertiary/aromatic N) is 1. The molecule has 5 heteroatoms. The van der Waals surface area contributed by atoms with Crippen LogP contribution in [-0.2, 0) is 6.54 Å². The molecular weight excluding hydrogens is 316 g/mol. The van der Waals surface area contributed by atoms with E-state index in [1.54, 1.807) is 31.4 Å². The highest BCUT2D eigenvalue weighted by atomic mass is 16.5. The number of aromatic nitrogens is 1. The number of para-hydroxylation sites is 1. The summed E-state index contributed by atoms with van der Waals surface area (Å²) in [7, 11) is 1.60. The van der Waals surface area contributed by atoms with Crippen molar-refractivity contribution in [2.24, 2.45) is 0 Å². The van der Waals surface area contributed by atoms with Crippen LogP contribution in [0.25, 0.3) is 10.9 Å². The third kappa shape index (κ3) is 3.51. The van der Waals surface area contributed by atoms with Crippen LogP contribution in [0, 0.1) is 0 Å². The van der Waals surface area contributed by atoms with Gasteiger partial charge in [0.05, 0.1) is 13.2 Å². The lowest BCUT2D eigenvalue weighted by Gasteiger charge is -2.14. The summed E-state index contributed by atoms with van der Waals surface area (Å²) in [6.07, 6.45) is -0.769. The van der Waals surface area contributed by atoms with Crippen molar-refractivity contribution in [3.8, 4) is 5.75 Å². The fourth-order valence-electron chi connectivity index (χ4n) is 2.96. The monoisotopic (exact) mass is 338 g/mol. The van der Waals surface area contributed by atoms with E-state index < -0.39 is 6.10 Å². The van der Waals surface area contributed by atoms with Gasteiger partial charge in [-0.3, -0.25) is 4.79 Å². The minimum absolute atomic E-state index is 0.149. The summed E-state index contributed by atoms with van der Waals surface area (Å²) < 4.78 is 7.08. The highest BCUT2D eigenvalue weighted by Gasteiger charge is 2.16. The van der Waals surface area contributed by atoms with Crippen LogP contribution >= 0.6 is 0 Å². The SMILES string of the molecule is CCn1c(C(=O)NCC(O)c2ccc(OC)cc2)cc2ccccc21. The number of amides is 1. The van der Waals surface area contributed by atoms with Crippen LogP contribution in [0.2, 0.25) is 0 Å². The molecule has 2 N–H and O–H groups in total. The van der Waals surface area contributed by atoms with E-state index in [0.29, 0.717) is 12.2 Å². The maximum atomic E-state index is 12.6. The van der Waals surface area contributed by atoms with Gasteiger partial charge in [-0.2, -0.15) is 0 Å². The standard InChI is InChI=1S/C20H22N2O3/c1-3-22-17-7-5-4-6-15(17)12-18(22)20(24)21-13-19(23)14-8-10-16(25-2)11-9-14/h4-12,19,23H,3,13H2,1-2H3,(H,21,24). The van der Waals surface area contributed by atoms with E-state index in [-0.39, 0.29) is 12.5 Å². The van der Waals surface area contributed by atoms with Crippen molar-refractivity contribution in [3.05, 3.63) is 65.9 Å². The van der Waals surface area contributed by atoms with Crippen LogP contribution < -0.4 is 10.1 Å². The van der Waals surface area contributed by atoms with Gasteiger partial charge >= 0.3 is 0 Å². The van der Waals surface area contributed by atoms with E-state index in [0.717, 1.165) is 22.2 Å². The summed E-state index contributed by atoms with van der Waals surface area (Å²) in [6, 6.07) is 16.9. The van der Waals surface area contributed by atoms with Crippen LogP contribution in [0.15, 0.2) is 54.6 Å². The van der Waals surface area contributed by atoms with E-state index in [1.807, 2.05) is 41.8 Å². The quantitative estimate of drug-likeness (QED) is 0.726. The Kier molecular flexibility index (Phi) is 5.05. The van der Waals surface area contributed by atoms with Crippen molar-refractivity contribution in [2.75, 3.05) is 13.7 Å². The summed E-state index contributed by atoms with van der Waals surface area (Å²) in [5, 5.41) is 14.1. The lowest BCUT2D eigenvalue weighted by atomic mass is 10.1. The predicted octanol–water partition coefficient (Wildman–Crippen LogP) is 3.13. The first-order valence-corrected chi connectivity index (χ1v) is 8.32. The van der Waals surface area contributed by atoms with Crippen molar-refractivity contribution in [3.63, 3.8) is 0 Å². The summed E-state index contributed by atoms with van der Waals surface area (Å²) in [5.41, 5.74) is 2.37. The molecule has 0 fully saturated rings. The summed E-state index contributed by atoms with van der Waals surface area (Å²) in [5.74, 6) is 0.540. The van der Waals surface area contributed by atoms with E-state index in [1.165, 1.54) is 0 Å². The number of carbonyl (C=O) groups excluding carboxylic acids is 1. The Morgan fingerprint density at radius 3 is 2.60 bits per heavy atom. The number of nitrogens with one attached hydrogen (secondary N) is 1. The van der Waals surface area contributed by atoms with Gasteiger partial charge in [-0.15, -0.1) is 0 Å². The van der Waals surface area contributed by atoms with Crippen LogP contribution in [0.5, 0.6) is 5.75 Å². The molecule has 1 unspecified atom stereocenters. The van der Waals surface area contributed by atoms with Gasteiger partial charge in [0, 0.05) is 24.0 Å². The Labute approximate surface area is 146 Å². The largest absolute Gasteiger partial charge is 0.497 e. The number of aryl methyl sites for hydroxylation is 1. The third-order valence-corrected chi connectivity index (χ3v) is 4.32. The molecule has 1 aromatic heterocycles.